The molecule has 6 nitrogen and oxygen atoms in total. The van der Waals surface area contributed by atoms with E-state index < -0.39 is 17.7 Å². The summed E-state index contributed by atoms with van der Waals surface area (Å²) in [6.07, 6.45) is 1.40. The van der Waals surface area contributed by atoms with Crippen LogP contribution in [0.25, 0.3) is 0 Å². The van der Waals surface area contributed by atoms with Crippen molar-refractivity contribution in [2.75, 3.05) is 0 Å². The number of hydrazone groups is 1. The first kappa shape index (κ1) is 18.8. The number of phenols is 1. The van der Waals surface area contributed by atoms with Crippen LogP contribution in [0.1, 0.15) is 26.3 Å². The SMILES string of the molecule is O=C(Oc1ccc(C=NNC(=O)c2ccccc2O)cc1)c1cccc(F)c1. The Bertz CT molecular complexity index is 1030. The highest BCUT2D eigenvalue weighted by atomic mass is 19.1. The Hall–Kier alpha value is -4.00. The number of benzene rings is 3. The average Bonchev–Trinajstić information content (AvgIpc) is 2.69. The molecule has 7 heteroatoms. The molecule has 0 saturated carbocycles. The van der Waals surface area contributed by atoms with Crippen LogP contribution in [0.4, 0.5) is 4.39 Å². The third kappa shape index (κ3) is 4.79. The van der Waals surface area contributed by atoms with E-state index in [2.05, 4.69) is 10.5 Å². The van der Waals surface area contributed by atoms with Crippen LogP contribution in [0, 0.1) is 5.82 Å². The van der Waals surface area contributed by atoms with E-state index in [4.69, 9.17) is 4.74 Å². The van der Waals surface area contributed by atoms with Gasteiger partial charge in [-0.15, -0.1) is 0 Å². The summed E-state index contributed by atoms with van der Waals surface area (Å²) in [5.74, 6) is -1.60. The van der Waals surface area contributed by atoms with Crippen LogP contribution in [0.2, 0.25) is 0 Å². The fourth-order valence-electron chi connectivity index (χ4n) is 2.29. The first-order valence-corrected chi connectivity index (χ1v) is 8.22. The van der Waals surface area contributed by atoms with E-state index in [0.29, 0.717) is 5.56 Å². The summed E-state index contributed by atoms with van der Waals surface area (Å²) >= 11 is 0. The first-order chi connectivity index (χ1) is 13.5. The average molecular weight is 378 g/mol. The summed E-state index contributed by atoms with van der Waals surface area (Å²) in [6.45, 7) is 0. The van der Waals surface area contributed by atoms with Gasteiger partial charge in [0.25, 0.3) is 5.91 Å². The molecule has 0 aromatic heterocycles. The fraction of sp³-hybridized carbons (Fsp3) is 0. The maximum absolute atomic E-state index is 13.2. The van der Waals surface area contributed by atoms with Crippen LogP contribution >= 0.6 is 0 Å². The number of ether oxygens (including phenoxy) is 1. The lowest BCUT2D eigenvalue weighted by Gasteiger charge is -2.05. The molecule has 0 aliphatic carbocycles. The van der Waals surface area contributed by atoms with Crippen molar-refractivity contribution < 1.29 is 23.8 Å². The van der Waals surface area contributed by atoms with Crippen LogP contribution < -0.4 is 10.2 Å². The van der Waals surface area contributed by atoms with Crippen molar-refractivity contribution in [3.05, 3.63) is 95.3 Å². The van der Waals surface area contributed by atoms with E-state index in [0.717, 1.165) is 6.07 Å². The van der Waals surface area contributed by atoms with Gasteiger partial charge in [-0.3, -0.25) is 4.79 Å². The number of phenolic OH excluding ortho intramolecular Hbond substituents is 1. The number of nitrogens with one attached hydrogen (secondary N) is 1. The lowest BCUT2D eigenvalue weighted by Crippen LogP contribution is -2.17. The zero-order valence-corrected chi connectivity index (χ0v) is 14.5. The highest BCUT2D eigenvalue weighted by Gasteiger charge is 2.10. The lowest BCUT2D eigenvalue weighted by atomic mass is 10.2. The van der Waals surface area contributed by atoms with Crippen molar-refractivity contribution in [1.82, 2.24) is 5.43 Å². The maximum atomic E-state index is 13.2. The number of rotatable bonds is 5. The van der Waals surface area contributed by atoms with Gasteiger partial charge in [-0.1, -0.05) is 18.2 Å². The second-order valence-electron chi connectivity index (χ2n) is 5.69. The number of hydrogen-bond donors (Lipinski definition) is 2. The van der Waals surface area contributed by atoms with Crippen molar-refractivity contribution in [1.29, 1.82) is 0 Å². The molecule has 0 aliphatic rings. The molecule has 0 saturated heterocycles. The molecule has 0 radical (unpaired) electrons. The number of carbonyl (C=O) groups excluding carboxylic acids is 2. The normalized spacial score (nSPS) is 10.6. The Kier molecular flexibility index (Phi) is 5.76. The molecule has 1 amide bonds. The Balaban J connectivity index is 1.58. The van der Waals surface area contributed by atoms with Crippen LogP contribution in [0.15, 0.2) is 77.9 Å². The van der Waals surface area contributed by atoms with Gasteiger partial charge in [0.15, 0.2) is 0 Å². The van der Waals surface area contributed by atoms with Crippen molar-refractivity contribution >= 4 is 18.1 Å². The van der Waals surface area contributed by atoms with Gasteiger partial charge >= 0.3 is 5.97 Å². The van der Waals surface area contributed by atoms with Crippen LogP contribution in [-0.2, 0) is 0 Å². The zero-order valence-electron chi connectivity index (χ0n) is 14.5. The molecular weight excluding hydrogens is 363 g/mol. The highest BCUT2D eigenvalue weighted by Crippen LogP contribution is 2.16. The number of hydrogen-bond acceptors (Lipinski definition) is 5. The topological polar surface area (TPSA) is 88.0 Å². The van der Waals surface area contributed by atoms with Gasteiger partial charge in [-0.2, -0.15) is 5.10 Å². The second-order valence-corrected chi connectivity index (χ2v) is 5.69. The number of para-hydroxylation sites is 1. The van der Waals surface area contributed by atoms with Gasteiger partial charge in [-0.05, 0) is 60.2 Å². The van der Waals surface area contributed by atoms with Gasteiger partial charge in [0.05, 0.1) is 17.3 Å². The molecule has 3 aromatic carbocycles. The van der Waals surface area contributed by atoms with Crippen LogP contribution in [0.5, 0.6) is 11.5 Å². The number of esters is 1. The summed E-state index contributed by atoms with van der Waals surface area (Å²) in [7, 11) is 0. The minimum Gasteiger partial charge on any atom is -0.507 e. The predicted molar refractivity (Wildman–Crippen MR) is 101 cm³/mol. The molecule has 0 aliphatic heterocycles. The smallest absolute Gasteiger partial charge is 0.343 e. The van der Waals surface area contributed by atoms with Crippen LogP contribution in [-0.4, -0.2) is 23.2 Å². The number of amides is 1. The highest BCUT2D eigenvalue weighted by molar-refractivity contribution is 5.97. The van der Waals surface area contributed by atoms with Crippen molar-refractivity contribution in [2.24, 2.45) is 5.10 Å². The third-order valence-corrected chi connectivity index (χ3v) is 3.68. The number of halogens is 1. The number of carbonyl (C=O) groups is 2. The van der Waals surface area contributed by atoms with Gasteiger partial charge in [0.2, 0.25) is 0 Å². The van der Waals surface area contributed by atoms with Crippen LogP contribution in [0.3, 0.4) is 0 Å². The molecule has 0 spiro atoms. The largest absolute Gasteiger partial charge is 0.507 e. The molecule has 0 atom stereocenters. The second kappa shape index (κ2) is 8.59. The van der Waals surface area contributed by atoms with Gasteiger partial charge in [0.1, 0.15) is 17.3 Å². The molecule has 0 heterocycles. The van der Waals surface area contributed by atoms with Crippen molar-refractivity contribution in [3.8, 4) is 11.5 Å². The summed E-state index contributed by atoms with van der Waals surface area (Å²) in [5.41, 5.74) is 3.17. The standard InChI is InChI=1S/C21H15FN2O4/c22-16-5-3-4-15(12-16)21(27)28-17-10-8-14(9-11-17)13-23-24-20(26)18-6-1-2-7-19(18)25/h1-13,25H,(H,24,26). The molecule has 3 rings (SSSR count). The monoisotopic (exact) mass is 378 g/mol. The molecule has 28 heavy (non-hydrogen) atoms. The summed E-state index contributed by atoms with van der Waals surface area (Å²) in [6, 6.07) is 17.7. The lowest BCUT2D eigenvalue weighted by molar-refractivity contribution is 0.0734. The van der Waals surface area contributed by atoms with E-state index in [9.17, 15) is 19.1 Å². The van der Waals surface area contributed by atoms with Crippen molar-refractivity contribution in [2.45, 2.75) is 0 Å². The molecule has 140 valence electrons. The molecule has 3 aromatic rings. The molecule has 0 unspecified atom stereocenters. The molecule has 2 N–H and O–H groups in total. The quantitative estimate of drug-likeness (QED) is 0.308. The molecule has 0 bridgehead atoms. The third-order valence-electron chi connectivity index (χ3n) is 3.68. The Labute approximate surface area is 159 Å². The van der Waals surface area contributed by atoms with E-state index in [-0.39, 0.29) is 22.6 Å². The fourth-order valence-corrected chi connectivity index (χ4v) is 2.29. The predicted octanol–water partition coefficient (Wildman–Crippen LogP) is 3.51. The minimum atomic E-state index is -0.671. The van der Waals surface area contributed by atoms with Gasteiger partial charge in [-0.25, -0.2) is 14.6 Å². The minimum absolute atomic E-state index is 0.109. The Morgan fingerprint density at radius 2 is 1.75 bits per heavy atom. The first-order valence-electron chi connectivity index (χ1n) is 8.22. The maximum Gasteiger partial charge on any atom is 0.343 e. The molecular formula is C21H15FN2O4. The van der Waals surface area contributed by atoms with E-state index >= 15 is 0 Å². The van der Waals surface area contributed by atoms with E-state index in [1.807, 2.05) is 0 Å². The Morgan fingerprint density at radius 1 is 1.00 bits per heavy atom. The van der Waals surface area contributed by atoms with E-state index in [1.165, 1.54) is 36.5 Å². The van der Waals surface area contributed by atoms with E-state index in [1.54, 1.807) is 36.4 Å². The summed E-state index contributed by atoms with van der Waals surface area (Å²) < 4.78 is 18.3. The number of aromatic hydroxyl groups is 1. The summed E-state index contributed by atoms with van der Waals surface area (Å²) in [4.78, 5) is 23.9. The Morgan fingerprint density at radius 3 is 2.46 bits per heavy atom. The van der Waals surface area contributed by atoms with Crippen molar-refractivity contribution in [3.63, 3.8) is 0 Å². The molecule has 0 fully saturated rings. The van der Waals surface area contributed by atoms with Gasteiger partial charge < -0.3 is 9.84 Å². The zero-order chi connectivity index (χ0) is 19.9. The van der Waals surface area contributed by atoms with Gasteiger partial charge in [0, 0.05) is 0 Å². The summed E-state index contributed by atoms with van der Waals surface area (Å²) in [5, 5.41) is 13.4. The number of nitrogens with zero attached hydrogens (tertiary/aromatic N) is 1.